The van der Waals surface area contributed by atoms with E-state index in [1.165, 1.54) is 12.2 Å². The van der Waals surface area contributed by atoms with Crippen molar-refractivity contribution in [2.75, 3.05) is 6.54 Å². The van der Waals surface area contributed by atoms with E-state index in [9.17, 15) is 8.78 Å². The van der Waals surface area contributed by atoms with Gasteiger partial charge in [0.05, 0.1) is 0 Å². The Morgan fingerprint density at radius 2 is 2.20 bits per heavy atom. The van der Waals surface area contributed by atoms with Crippen molar-refractivity contribution >= 4 is 0 Å². The highest BCUT2D eigenvalue weighted by Gasteiger charge is 2.13. The Labute approximate surface area is 58.2 Å². The SMILES string of the molecule is NCC1C=C(F)C(F)=CC1. The van der Waals surface area contributed by atoms with Crippen LogP contribution in [0.3, 0.4) is 0 Å². The van der Waals surface area contributed by atoms with Crippen LogP contribution in [0.2, 0.25) is 0 Å². The predicted molar refractivity (Wildman–Crippen MR) is 35.5 cm³/mol. The number of nitrogens with two attached hydrogens (primary N) is 1. The molecule has 0 fully saturated rings. The maximum atomic E-state index is 12.4. The van der Waals surface area contributed by atoms with Crippen molar-refractivity contribution in [3.8, 4) is 0 Å². The van der Waals surface area contributed by atoms with E-state index in [2.05, 4.69) is 0 Å². The van der Waals surface area contributed by atoms with Gasteiger partial charge in [0.25, 0.3) is 0 Å². The molecule has 0 amide bonds. The molecule has 3 heteroatoms. The summed E-state index contributed by atoms with van der Waals surface area (Å²) in [6.07, 6.45) is 2.97. The van der Waals surface area contributed by atoms with Gasteiger partial charge >= 0.3 is 0 Å². The van der Waals surface area contributed by atoms with E-state index in [4.69, 9.17) is 5.73 Å². The van der Waals surface area contributed by atoms with Gasteiger partial charge in [-0.15, -0.1) is 0 Å². The van der Waals surface area contributed by atoms with E-state index in [0.29, 0.717) is 13.0 Å². The number of allylic oxidation sites excluding steroid dienone is 3. The molecule has 0 spiro atoms. The van der Waals surface area contributed by atoms with Crippen LogP contribution in [-0.4, -0.2) is 6.54 Å². The Morgan fingerprint density at radius 1 is 1.50 bits per heavy atom. The van der Waals surface area contributed by atoms with Crippen LogP contribution in [0.5, 0.6) is 0 Å². The van der Waals surface area contributed by atoms with Crippen LogP contribution in [-0.2, 0) is 0 Å². The Hall–Kier alpha value is -0.700. The van der Waals surface area contributed by atoms with Gasteiger partial charge in [0.1, 0.15) is 0 Å². The lowest BCUT2D eigenvalue weighted by atomic mass is 10.0. The first-order chi connectivity index (χ1) is 4.74. The molecular weight excluding hydrogens is 136 g/mol. The lowest BCUT2D eigenvalue weighted by molar-refractivity contribution is 0.503. The Balaban J connectivity index is 2.66. The van der Waals surface area contributed by atoms with Crippen molar-refractivity contribution in [3.63, 3.8) is 0 Å². The first-order valence-corrected chi connectivity index (χ1v) is 3.17. The first-order valence-electron chi connectivity index (χ1n) is 3.17. The highest BCUT2D eigenvalue weighted by Crippen LogP contribution is 2.23. The monoisotopic (exact) mass is 145 g/mol. The summed E-state index contributed by atoms with van der Waals surface area (Å²) >= 11 is 0. The third-order valence-electron chi connectivity index (χ3n) is 1.51. The minimum atomic E-state index is -0.776. The van der Waals surface area contributed by atoms with Crippen LogP contribution in [0.4, 0.5) is 8.78 Å². The lowest BCUT2D eigenvalue weighted by Crippen LogP contribution is -2.13. The quantitative estimate of drug-likeness (QED) is 0.596. The minimum absolute atomic E-state index is 0.0282. The zero-order valence-corrected chi connectivity index (χ0v) is 5.48. The zero-order chi connectivity index (χ0) is 7.56. The van der Waals surface area contributed by atoms with Crippen LogP contribution in [0.15, 0.2) is 23.8 Å². The van der Waals surface area contributed by atoms with Crippen molar-refractivity contribution < 1.29 is 8.78 Å². The van der Waals surface area contributed by atoms with Gasteiger partial charge in [0, 0.05) is 0 Å². The second-order valence-corrected chi connectivity index (χ2v) is 2.30. The van der Waals surface area contributed by atoms with E-state index in [-0.39, 0.29) is 5.92 Å². The second kappa shape index (κ2) is 2.92. The van der Waals surface area contributed by atoms with Crippen LogP contribution >= 0.6 is 0 Å². The van der Waals surface area contributed by atoms with Crippen molar-refractivity contribution in [1.29, 1.82) is 0 Å². The summed E-state index contributed by atoms with van der Waals surface area (Å²) < 4.78 is 24.6. The van der Waals surface area contributed by atoms with Crippen molar-refractivity contribution in [2.45, 2.75) is 6.42 Å². The fraction of sp³-hybridized carbons (Fsp3) is 0.429. The zero-order valence-electron chi connectivity index (χ0n) is 5.48. The molecule has 56 valence electrons. The predicted octanol–water partition coefficient (Wildman–Crippen LogP) is 1.67. The smallest absolute Gasteiger partial charge is 0.154 e. The third-order valence-corrected chi connectivity index (χ3v) is 1.51. The molecule has 0 bridgehead atoms. The number of rotatable bonds is 1. The molecule has 0 aromatic heterocycles. The number of hydrogen-bond donors (Lipinski definition) is 1. The average molecular weight is 145 g/mol. The lowest BCUT2D eigenvalue weighted by Gasteiger charge is -2.10. The van der Waals surface area contributed by atoms with E-state index in [1.807, 2.05) is 0 Å². The highest BCUT2D eigenvalue weighted by molar-refractivity contribution is 5.23. The highest BCUT2D eigenvalue weighted by atomic mass is 19.2. The Morgan fingerprint density at radius 3 is 2.70 bits per heavy atom. The maximum Gasteiger partial charge on any atom is 0.154 e. The minimum Gasteiger partial charge on any atom is -0.330 e. The maximum absolute atomic E-state index is 12.4. The topological polar surface area (TPSA) is 26.0 Å². The van der Waals surface area contributed by atoms with Crippen LogP contribution in [0, 0.1) is 5.92 Å². The van der Waals surface area contributed by atoms with Crippen LogP contribution < -0.4 is 5.73 Å². The van der Waals surface area contributed by atoms with Gasteiger partial charge < -0.3 is 5.73 Å². The molecule has 0 aliphatic heterocycles. The van der Waals surface area contributed by atoms with Gasteiger partial charge in [-0.2, -0.15) is 0 Å². The molecule has 1 nitrogen and oxygen atoms in total. The fourth-order valence-electron chi connectivity index (χ4n) is 0.871. The summed E-state index contributed by atoms with van der Waals surface area (Å²) in [5.41, 5.74) is 5.25. The molecule has 1 aliphatic rings. The molecule has 2 N–H and O–H groups in total. The van der Waals surface area contributed by atoms with Crippen molar-refractivity contribution in [1.82, 2.24) is 0 Å². The normalized spacial score (nSPS) is 25.7. The summed E-state index contributed by atoms with van der Waals surface area (Å²) in [6, 6.07) is 0. The van der Waals surface area contributed by atoms with E-state index in [0.717, 1.165) is 0 Å². The summed E-state index contributed by atoms with van der Waals surface area (Å²) in [4.78, 5) is 0. The first kappa shape index (κ1) is 7.41. The molecule has 0 saturated carbocycles. The van der Waals surface area contributed by atoms with Gasteiger partial charge in [-0.25, -0.2) is 8.78 Å². The van der Waals surface area contributed by atoms with Crippen LogP contribution in [0.25, 0.3) is 0 Å². The summed E-state index contributed by atoms with van der Waals surface area (Å²) in [7, 11) is 0. The van der Waals surface area contributed by atoms with Crippen molar-refractivity contribution in [3.05, 3.63) is 23.8 Å². The number of hydrogen-bond acceptors (Lipinski definition) is 1. The summed E-state index contributed by atoms with van der Waals surface area (Å²) in [5.74, 6) is -1.56. The largest absolute Gasteiger partial charge is 0.330 e. The molecule has 1 unspecified atom stereocenters. The molecule has 0 heterocycles. The molecule has 0 radical (unpaired) electrons. The standard InChI is InChI=1S/C7H9F2N/c8-6-2-1-5(4-10)3-7(6)9/h2-3,5H,1,4,10H2. The molecule has 10 heavy (non-hydrogen) atoms. The molecule has 1 rings (SSSR count). The van der Waals surface area contributed by atoms with Gasteiger partial charge in [0.2, 0.25) is 0 Å². The molecule has 0 saturated heterocycles. The second-order valence-electron chi connectivity index (χ2n) is 2.30. The third kappa shape index (κ3) is 1.42. The average Bonchev–Trinajstić information content (AvgIpc) is 1.95. The molecule has 1 atom stereocenters. The number of halogens is 2. The van der Waals surface area contributed by atoms with E-state index < -0.39 is 11.7 Å². The van der Waals surface area contributed by atoms with E-state index >= 15 is 0 Å². The molecule has 1 aliphatic carbocycles. The Kier molecular flexibility index (Phi) is 2.17. The summed E-state index contributed by atoms with van der Waals surface area (Å²) in [6.45, 7) is 0.372. The van der Waals surface area contributed by atoms with Crippen molar-refractivity contribution in [2.24, 2.45) is 11.7 Å². The Bertz CT molecular complexity index is 184. The summed E-state index contributed by atoms with van der Waals surface area (Å²) in [5, 5.41) is 0. The van der Waals surface area contributed by atoms with E-state index in [1.54, 1.807) is 0 Å². The van der Waals surface area contributed by atoms with Gasteiger partial charge in [-0.3, -0.25) is 0 Å². The molecular formula is C7H9F2N. The molecule has 0 aromatic carbocycles. The van der Waals surface area contributed by atoms with Gasteiger partial charge in [0.15, 0.2) is 11.7 Å². The van der Waals surface area contributed by atoms with Gasteiger partial charge in [-0.1, -0.05) is 0 Å². The fourth-order valence-corrected chi connectivity index (χ4v) is 0.871. The van der Waals surface area contributed by atoms with Gasteiger partial charge in [-0.05, 0) is 31.0 Å². The molecule has 0 aromatic rings. The van der Waals surface area contributed by atoms with Crippen LogP contribution in [0.1, 0.15) is 6.42 Å².